The van der Waals surface area contributed by atoms with Crippen LogP contribution in [-0.2, 0) is 9.47 Å². The zero-order valence-corrected chi connectivity index (χ0v) is 11.1. The van der Waals surface area contributed by atoms with E-state index in [9.17, 15) is 13.6 Å². The third-order valence-electron chi connectivity index (χ3n) is 2.49. The number of halogens is 2. The van der Waals surface area contributed by atoms with Gasteiger partial charge in [0.15, 0.2) is 0 Å². The Kier molecular flexibility index (Phi) is 6.89. The van der Waals surface area contributed by atoms with Gasteiger partial charge < -0.3 is 19.9 Å². The highest BCUT2D eigenvalue weighted by Crippen LogP contribution is 2.20. The molecule has 0 saturated heterocycles. The Labute approximate surface area is 115 Å². The first-order valence-corrected chi connectivity index (χ1v) is 6.09. The Hall–Kier alpha value is -1.73. The molecule has 0 bridgehead atoms. The fourth-order valence-corrected chi connectivity index (χ4v) is 1.50. The van der Waals surface area contributed by atoms with Crippen LogP contribution in [-0.4, -0.2) is 44.6 Å². The average molecular weight is 289 g/mol. The van der Waals surface area contributed by atoms with Crippen molar-refractivity contribution in [2.75, 3.05) is 38.8 Å². The van der Waals surface area contributed by atoms with E-state index in [1.807, 2.05) is 0 Å². The van der Waals surface area contributed by atoms with Crippen molar-refractivity contribution in [3.8, 4) is 0 Å². The minimum absolute atomic E-state index is 0.313. The first kappa shape index (κ1) is 16.3. The molecule has 20 heavy (non-hydrogen) atoms. The molecule has 0 aliphatic rings. The van der Waals surface area contributed by atoms with E-state index >= 15 is 0 Å². The number of carbonyl (C=O) groups is 1. The van der Waals surface area contributed by atoms with Gasteiger partial charge in [-0.1, -0.05) is 0 Å². The number of hydrogen-bond donors (Lipinski definition) is 2. The standard InChI is InChI=1S/C13H17F2NO4/c1-19-5-6-20-4-2-3-16-12-10(14)7-9(13(17)18)8-11(12)15/h7-8,16H,2-6H2,1H3,(H,17,18). The van der Waals surface area contributed by atoms with Crippen LogP contribution in [0.2, 0.25) is 0 Å². The van der Waals surface area contributed by atoms with Crippen LogP contribution in [0.15, 0.2) is 12.1 Å². The molecular formula is C13H17F2NO4. The molecule has 0 radical (unpaired) electrons. The maximum Gasteiger partial charge on any atom is 0.335 e. The summed E-state index contributed by atoms with van der Waals surface area (Å²) in [6.45, 7) is 1.71. The predicted molar refractivity (Wildman–Crippen MR) is 69.1 cm³/mol. The van der Waals surface area contributed by atoms with Crippen molar-refractivity contribution >= 4 is 11.7 Å². The summed E-state index contributed by atoms with van der Waals surface area (Å²) in [5.41, 5.74) is -0.750. The van der Waals surface area contributed by atoms with Crippen LogP contribution in [0.25, 0.3) is 0 Å². The van der Waals surface area contributed by atoms with E-state index in [0.717, 1.165) is 12.1 Å². The van der Waals surface area contributed by atoms with E-state index in [4.69, 9.17) is 14.6 Å². The second kappa shape index (κ2) is 8.44. The van der Waals surface area contributed by atoms with Crippen molar-refractivity contribution in [2.45, 2.75) is 6.42 Å². The molecule has 0 aliphatic carbocycles. The van der Waals surface area contributed by atoms with Gasteiger partial charge >= 0.3 is 5.97 Å². The predicted octanol–water partition coefficient (Wildman–Crippen LogP) is 2.13. The molecule has 0 aliphatic heterocycles. The lowest BCUT2D eigenvalue weighted by molar-refractivity contribution is 0.0696. The fourth-order valence-electron chi connectivity index (χ4n) is 1.50. The maximum absolute atomic E-state index is 13.5. The summed E-state index contributed by atoms with van der Waals surface area (Å²) in [5.74, 6) is -3.23. The Morgan fingerprint density at radius 2 is 1.90 bits per heavy atom. The van der Waals surface area contributed by atoms with E-state index in [0.29, 0.717) is 32.8 Å². The number of carboxylic acid groups (broad SMARTS) is 1. The minimum Gasteiger partial charge on any atom is -0.478 e. The molecule has 0 heterocycles. The van der Waals surface area contributed by atoms with Gasteiger partial charge in [0.2, 0.25) is 0 Å². The number of nitrogens with one attached hydrogen (secondary N) is 1. The number of methoxy groups -OCH3 is 1. The number of rotatable bonds is 9. The molecule has 112 valence electrons. The Morgan fingerprint density at radius 3 is 2.45 bits per heavy atom. The highest BCUT2D eigenvalue weighted by atomic mass is 19.1. The fraction of sp³-hybridized carbons (Fsp3) is 0.462. The topological polar surface area (TPSA) is 67.8 Å². The molecule has 0 spiro atoms. The van der Waals surface area contributed by atoms with Gasteiger partial charge in [0.05, 0.1) is 18.8 Å². The number of ether oxygens (including phenoxy) is 2. The van der Waals surface area contributed by atoms with Crippen molar-refractivity contribution in [3.63, 3.8) is 0 Å². The summed E-state index contributed by atoms with van der Waals surface area (Å²) in [4.78, 5) is 10.6. The molecule has 0 amide bonds. The molecule has 0 unspecified atom stereocenters. The first-order chi connectivity index (χ1) is 9.56. The number of hydrogen-bond acceptors (Lipinski definition) is 4. The second-order valence-electron chi connectivity index (χ2n) is 4.01. The molecule has 0 atom stereocenters. The van der Waals surface area contributed by atoms with Crippen molar-refractivity contribution in [3.05, 3.63) is 29.3 Å². The Morgan fingerprint density at radius 1 is 1.25 bits per heavy atom. The van der Waals surface area contributed by atoms with Crippen LogP contribution in [0, 0.1) is 11.6 Å². The van der Waals surface area contributed by atoms with Crippen molar-refractivity contribution in [1.82, 2.24) is 0 Å². The van der Waals surface area contributed by atoms with Gasteiger partial charge in [-0.05, 0) is 18.6 Å². The van der Waals surface area contributed by atoms with Gasteiger partial charge in [-0.2, -0.15) is 0 Å². The SMILES string of the molecule is COCCOCCCNc1c(F)cc(C(=O)O)cc1F. The summed E-state index contributed by atoms with van der Waals surface area (Å²) in [7, 11) is 1.57. The molecule has 0 fully saturated rings. The molecular weight excluding hydrogens is 272 g/mol. The Balaban J connectivity index is 2.42. The summed E-state index contributed by atoms with van der Waals surface area (Å²) in [5, 5.41) is 11.2. The number of benzene rings is 1. The van der Waals surface area contributed by atoms with E-state index < -0.39 is 23.2 Å². The molecule has 0 aromatic heterocycles. The third-order valence-corrected chi connectivity index (χ3v) is 2.49. The molecule has 1 aromatic rings. The molecule has 0 saturated carbocycles. The zero-order chi connectivity index (χ0) is 15.0. The van der Waals surface area contributed by atoms with Crippen LogP contribution < -0.4 is 5.32 Å². The maximum atomic E-state index is 13.5. The van der Waals surface area contributed by atoms with Crippen LogP contribution in [0.4, 0.5) is 14.5 Å². The molecule has 2 N–H and O–H groups in total. The van der Waals surface area contributed by atoms with E-state index in [-0.39, 0.29) is 5.69 Å². The van der Waals surface area contributed by atoms with E-state index in [1.54, 1.807) is 7.11 Å². The highest BCUT2D eigenvalue weighted by molar-refractivity contribution is 5.88. The summed E-state index contributed by atoms with van der Waals surface area (Å²) in [6.07, 6.45) is 0.559. The smallest absolute Gasteiger partial charge is 0.335 e. The molecule has 5 nitrogen and oxygen atoms in total. The van der Waals surface area contributed by atoms with Crippen molar-refractivity contribution < 1.29 is 28.2 Å². The summed E-state index contributed by atoms with van der Waals surface area (Å²) in [6, 6.07) is 1.56. The quantitative estimate of drug-likeness (QED) is 0.682. The summed E-state index contributed by atoms with van der Waals surface area (Å²) < 4.78 is 37.1. The van der Waals surface area contributed by atoms with Crippen LogP contribution >= 0.6 is 0 Å². The number of aromatic carboxylic acids is 1. The van der Waals surface area contributed by atoms with Crippen molar-refractivity contribution in [1.29, 1.82) is 0 Å². The second-order valence-corrected chi connectivity index (χ2v) is 4.01. The van der Waals surface area contributed by atoms with Gasteiger partial charge in [0, 0.05) is 20.3 Å². The van der Waals surface area contributed by atoms with Crippen LogP contribution in [0.1, 0.15) is 16.8 Å². The molecule has 1 aromatic carbocycles. The summed E-state index contributed by atoms with van der Waals surface area (Å²) >= 11 is 0. The van der Waals surface area contributed by atoms with Gasteiger partial charge in [-0.15, -0.1) is 0 Å². The zero-order valence-electron chi connectivity index (χ0n) is 11.1. The van der Waals surface area contributed by atoms with Crippen LogP contribution in [0.5, 0.6) is 0 Å². The minimum atomic E-state index is -1.37. The first-order valence-electron chi connectivity index (χ1n) is 6.09. The van der Waals surface area contributed by atoms with E-state index in [1.165, 1.54) is 0 Å². The van der Waals surface area contributed by atoms with Gasteiger partial charge in [0.25, 0.3) is 0 Å². The lowest BCUT2D eigenvalue weighted by Crippen LogP contribution is -2.11. The van der Waals surface area contributed by atoms with Gasteiger partial charge in [-0.3, -0.25) is 0 Å². The molecule has 7 heteroatoms. The van der Waals surface area contributed by atoms with Gasteiger partial charge in [-0.25, -0.2) is 13.6 Å². The monoisotopic (exact) mass is 289 g/mol. The van der Waals surface area contributed by atoms with E-state index in [2.05, 4.69) is 5.32 Å². The lowest BCUT2D eigenvalue weighted by atomic mass is 10.2. The van der Waals surface area contributed by atoms with Gasteiger partial charge in [0.1, 0.15) is 17.3 Å². The normalized spacial score (nSPS) is 10.6. The lowest BCUT2D eigenvalue weighted by Gasteiger charge is -2.10. The van der Waals surface area contributed by atoms with Crippen molar-refractivity contribution in [2.24, 2.45) is 0 Å². The Bertz CT molecular complexity index is 431. The average Bonchev–Trinajstić information content (AvgIpc) is 2.40. The third kappa shape index (κ3) is 5.10. The largest absolute Gasteiger partial charge is 0.478 e. The molecule has 1 rings (SSSR count). The van der Waals surface area contributed by atoms with Crippen LogP contribution in [0.3, 0.4) is 0 Å². The highest BCUT2D eigenvalue weighted by Gasteiger charge is 2.14. The number of carboxylic acids is 1. The number of anilines is 1.